The van der Waals surface area contributed by atoms with Crippen LogP contribution in [0.4, 0.5) is 0 Å². The molecule has 1 atom stereocenters. The van der Waals surface area contributed by atoms with Gasteiger partial charge in [0.15, 0.2) is 0 Å². The highest BCUT2D eigenvalue weighted by atomic mass is 14.5. The zero-order valence-corrected chi connectivity index (χ0v) is 13.4. The maximum absolute atomic E-state index is 5.79. The van der Waals surface area contributed by atoms with Crippen LogP contribution in [0.3, 0.4) is 0 Å². The Bertz CT molecular complexity index is 814. The minimum absolute atomic E-state index is 0.0407. The summed E-state index contributed by atoms with van der Waals surface area (Å²) in [5, 5.41) is 0. The Labute approximate surface area is 138 Å². The largest absolute Gasteiger partial charge is 0.120 e. The maximum Gasteiger partial charge on any atom is 0.0202 e. The summed E-state index contributed by atoms with van der Waals surface area (Å²) in [6.45, 7) is 2.34. The lowest BCUT2D eigenvalue weighted by molar-refractivity contribution is 0.356. The monoisotopic (exact) mass is 296 g/mol. The molecule has 0 saturated heterocycles. The van der Waals surface area contributed by atoms with E-state index in [2.05, 4.69) is 79.6 Å². The van der Waals surface area contributed by atoms with Crippen LogP contribution in [0.5, 0.6) is 0 Å². The smallest absolute Gasteiger partial charge is 0.0202 e. The third-order valence-corrected chi connectivity index (χ3v) is 5.45. The van der Waals surface area contributed by atoms with E-state index in [-0.39, 0.29) is 5.41 Å². The SMILES string of the molecule is C#CCC(C)(C1=CC=CC1)C1c2ccccc2-c2ccccc21. The molecule has 0 heteroatoms. The molecule has 0 spiro atoms. The van der Waals surface area contributed by atoms with Gasteiger partial charge in [-0.25, -0.2) is 0 Å². The highest BCUT2D eigenvalue weighted by Crippen LogP contribution is 2.57. The van der Waals surface area contributed by atoms with Gasteiger partial charge in [-0.05, 0) is 28.7 Å². The van der Waals surface area contributed by atoms with E-state index in [0.717, 1.165) is 12.8 Å². The molecule has 0 saturated carbocycles. The fourth-order valence-electron chi connectivity index (χ4n) is 4.33. The third kappa shape index (κ3) is 2.01. The average Bonchev–Trinajstić information content (AvgIpc) is 3.22. The van der Waals surface area contributed by atoms with E-state index in [4.69, 9.17) is 6.42 Å². The fourth-order valence-corrected chi connectivity index (χ4v) is 4.33. The normalized spacial score (nSPS) is 18.0. The van der Waals surface area contributed by atoms with Crippen LogP contribution in [-0.4, -0.2) is 0 Å². The molecule has 0 nitrogen and oxygen atoms in total. The van der Waals surface area contributed by atoms with Gasteiger partial charge < -0.3 is 0 Å². The molecular formula is C23H20. The first-order chi connectivity index (χ1) is 11.3. The lowest BCUT2D eigenvalue weighted by Gasteiger charge is -2.37. The highest BCUT2D eigenvalue weighted by Gasteiger charge is 2.43. The Balaban J connectivity index is 1.95. The Morgan fingerprint density at radius 2 is 1.65 bits per heavy atom. The molecule has 112 valence electrons. The fraction of sp³-hybridized carbons (Fsp3) is 0.217. The van der Waals surface area contributed by atoms with Crippen molar-refractivity contribution in [3.05, 3.63) is 83.5 Å². The van der Waals surface area contributed by atoms with Gasteiger partial charge in [-0.15, -0.1) is 12.3 Å². The summed E-state index contributed by atoms with van der Waals surface area (Å²) >= 11 is 0. The van der Waals surface area contributed by atoms with Crippen molar-refractivity contribution in [2.75, 3.05) is 0 Å². The van der Waals surface area contributed by atoms with Gasteiger partial charge in [-0.1, -0.05) is 79.3 Å². The maximum atomic E-state index is 5.79. The molecule has 0 N–H and O–H groups in total. The quantitative estimate of drug-likeness (QED) is 0.636. The zero-order chi connectivity index (χ0) is 15.9. The lowest BCUT2D eigenvalue weighted by Crippen LogP contribution is -2.27. The summed E-state index contributed by atoms with van der Waals surface area (Å²) in [6.07, 6.45) is 14.2. The van der Waals surface area contributed by atoms with E-state index in [1.54, 1.807) is 0 Å². The van der Waals surface area contributed by atoms with Crippen molar-refractivity contribution >= 4 is 0 Å². The Morgan fingerprint density at radius 1 is 1.04 bits per heavy atom. The summed E-state index contributed by atoms with van der Waals surface area (Å²) in [6, 6.07) is 17.6. The van der Waals surface area contributed by atoms with Crippen molar-refractivity contribution in [1.29, 1.82) is 0 Å². The molecule has 0 radical (unpaired) electrons. The molecular weight excluding hydrogens is 276 g/mol. The van der Waals surface area contributed by atoms with Crippen molar-refractivity contribution in [1.82, 2.24) is 0 Å². The summed E-state index contributed by atoms with van der Waals surface area (Å²) in [5.74, 6) is 3.29. The number of hydrogen-bond acceptors (Lipinski definition) is 0. The molecule has 2 aromatic rings. The van der Waals surface area contributed by atoms with Gasteiger partial charge in [0.25, 0.3) is 0 Å². The number of hydrogen-bond donors (Lipinski definition) is 0. The minimum Gasteiger partial charge on any atom is -0.120 e. The number of rotatable bonds is 3. The summed E-state index contributed by atoms with van der Waals surface area (Å²) in [7, 11) is 0. The van der Waals surface area contributed by atoms with Crippen LogP contribution in [0.2, 0.25) is 0 Å². The van der Waals surface area contributed by atoms with Gasteiger partial charge in [0.05, 0.1) is 0 Å². The molecule has 2 aliphatic carbocycles. The van der Waals surface area contributed by atoms with E-state index >= 15 is 0 Å². The third-order valence-electron chi connectivity index (χ3n) is 5.45. The molecule has 0 aliphatic heterocycles. The minimum atomic E-state index is -0.0407. The summed E-state index contributed by atoms with van der Waals surface area (Å²) < 4.78 is 0. The highest BCUT2D eigenvalue weighted by molar-refractivity contribution is 5.79. The van der Waals surface area contributed by atoms with E-state index < -0.39 is 0 Å². The van der Waals surface area contributed by atoms with E-state index in [9.17, 15) is 0 Å². The number of benzene rings is 2. The standard InChI is InChI=1S/C23H20/c1-3-16-23(2,17-10-4-5-11-17)22-20-14-8-6-12-18(20)19-13-7-9-15-21(19)22/h1,4-10,12-15,22H,11,16H2,2H3. The van der Waals surface area contributed by atoms with Crippen LogP contribution in [0.15, 0.2) is 72.3 Å². The molecule has 0 heterocycles. The van der Waals surface area contributed by atoms with Gasteiger partial charge in [0, 0.05) is 17.8 Å². The van der Waals surface area contributed by atoms with E-state index in [0.29, 0.717) is 5.92 Å². The zero-order valence-electron chi connectivity index (χ0n) is 13.4. The van der Waals surface area contributed by atoms with Gasteiger partial charge in [-0.3, -0.25) is 0 Å². The molecule has 0 amide bonds. The van der Waals surface area contributed by atoms with Crippen LogP contribution in [0, 0.1) is 17.8 Å². The second-order valence-electron chi connectivity index (χ2n) is 6.73. The van der Waals surface area contributed by atoms with Crippen molar-refractivity contribution in [3.63, 3.8) is 0 Å². The first-order valence-electron chi connectivity index (χ1n) is 8.23. The van der Waals surface area contributed by atoms with Gasteiger partial charge >= 0.3 is 0 Å². The van der Waals surface area contributed by atoms with E-state index in [1.165, 1.54) is 27.8 Å². The van der Waals surface area contributed by atoms with Crippen molar-refractivity contribution in [2.24, 2.45) is 5.41 Å². The molecule has 23 heavy (non-hydrogen) atoms. The second-order valence-corrected chi connectivity index (χ2v) is 6.73. The molecule has 0 fully saturated rings. The molecule has 2 aliphatic rings. The van der Waals surface area contributed by atoms with Gasteiger partial charge in [0.2, 0.25) is 0 Å². The predicted molar refractivity (Wildman–Crippen MR) is 97.1 cm³/mol. The summed E-state index contributed by atoms with van der Waals surface area (Å²) in [4.78, 5) is 0. The van der Waals surface area contributed by atoms with Crippen LogP contribution in [-0.2, 0) is 0 Å². The topological polar surface area (TPSA) is 0 Å². The molecule has 0 aromatic heterocycles. The Morgan fingerprint density at radius 3 is 2.17 bits per heavy atom. The number of allylic oxidation sites excluding steroid dienone is 4. The predicted octanol–water partition coefficient (Wildman–Crippen LogP) is 5.71. The first kappa shape index (κ1) is 14.1. The molecule has 2 aromatic carbocycles. The Kier molecular flexibility index (Phi) is 3.24. The summed E-state index contributed by atoms with van der Waals surface area (Å²) in [5.41, 5.74) is 6.97. The first-order valence-corrected chi connectivity index (χ1v) is 8.23. The second kappa shape index (κ2) is 5.28. The van der Waals surface area contributed by atoms with Crippen LogP contribution in [0.1, 0.15) is 36.8 Å². The van der Waals surface area contributed by atoms with E-state index in [1.807, 2.05) is 0 Å². The lowest BCUT2D eigenvalue weighted by atomic mass is 9.65. The number of terminal acetylenes is 1. The molecule has 1 unspecified atom stereocenters. The van der Waals surface area contributed by atoms with Gasteiger partial charge in [0.1, 0.15) is 0 Å². The molecule has 4 rings (SSSR count). The van der Waals surface area contributed by atoms with Crippen LogP contribution in [0.25, 0.3) is 11.1 Å². The van der Waals surface area contributed by atoms with Crippen molar-refractivity contribution < 1.29 is 0 Å². The Hall–Kier alpha value is -2.52. The van der Waals surface area contributed by atoms with Crippen molar-refractivity contribution in [2.45, 2.75) is 25.7 Å². The molecule has 0 bridgehead atoms. The number of fused-ring (bicyclic) bond motifs is 3. The van der Waals surface area contributed by atoms with Gasteiger partial charge in [-0.2, -0.15) is 0 Å². The van der Waals surface area contributed by atoms with Crippen molar-refractivity contribution in [3.8, 4) is 23.5 Å². The van der Waals surface area contributed by atoms with Crippen LogP contribution >= 0.6 is 0 Å². The van der Waals surface area contributed by atoms with Crippen LogP contribution < -0.4 is 0 Å². The average molecular weight is 296 g/mol.